The summed E-state index contributed by atoms with van der Waals surface area (Å²) >= 11 is 6.20. The molecule has 2 heterocycles. The maximum Gasteiger partial charge on any atom is 0.227 e. The molecular weight excluding hydrogens is 292 g/mol. The number of ether oxygens (including phenoxy) is 2. The van der Waals surface area contributed by atoms with Crippen LogP contribution in [-0.2, 0) is 11.2 Å². The van der Waals surface area contributed by atoms with Crippen molar-refractivity contribution in [2.45, 2.75) is 19.4 Å². The lowest BCUT2D eigenvalue weighted by Gasteiger charge is -2.32. The quantitative estimate of drug-likeness (QED) is 0.899. The molecule has 1 aromatic carbocycles. The molecule has 0 bridgehead atoms. The van der Waals surface area contributed by atoms with Gasteiger partial charge in [0.25, 0.3) is 0 Å². The molecule has 1 saturated heterocycles. The summed E-state index contributed by atoms with van der Waals surface area (Å²) in [6.45, 7) is 5.44. The molecule has 1 atom stereocenters. The number of nitrogens with one attached hydrogen (secondary N) is 1. The second kappa shape index (κ2) is 6.12. The van der Waals surface area contributed by atoms with Crippen LogP contribution in [0.2, 0.25) is 5.02 Å². The molecule has 1 aromatic rings. The number of hydrogen-bond donors (Lipinski definition) is 1. The summed E-state index contributed by atoms with van der Waals surface area (Å²) in [5.74, 6) is 1.33. The summed E-state index contributed by atoms with van der Waals surface area (Å²) < 4.78 is 11.0. The first-order chi connectivity index (χ1) is 10.1. The van der Waals surface area contributed by atoms with Crippen molar-refractivity contribution in [1.82, 2.24) is 10.2 Å². The van der Waals surface area contributed by atoms with Crippen LogP contribution in [-0.4, -0.2) is 49.7 Å². The van der Waals surface area contributed by atoms with Crippen molar-refractivity contribution in [3.05, 3.63) is 22.7 Å². The van der Waals surface area contributed by atoms with Crippen molar-refractivity contribution < 1.29 is 14.3 Å². The fourth-order valence-electron chi connectivity index (χ4n) is 2.71. The van der Waals surface area contributed by atoms with E-state index in [0.717, 1.165) is 25.2 Å². The molecule has 6 heteroatoms. The highest BCUT2D eigenvalue weighted by Crippen LogP contribution is 2.38. The molecule has 0 saturated carbocycles. The Bertz CT molecular complexity index is 550. The van der Waals surface area contributed by atoms with Crippen molar-refractivity contribution in [3.8, 4) is 11.5 Å². The topological polar surface area (TPSA) is 50.8 Å². The molecule has 1 amide bonds. The zero-order chi connectivity index (χ0) is 14.8. The first-order valence-electron chi connectivity index (χ1n) is 7.22. The van der Waals surface area contributed by atoms with Crippen LogP contribution in [0.25, 0.3) is 0 Å². The van der Waals surface area contributed by atoms with Gasteiger partial charge in [0, 0.05) is 25.7 Å². The number of rotatable bonds is 2. The van der Waals surface area contributed by atoms with E-state index in [4.69, 9.17) is 21.1 Å². The predicted octanol–water partition coefficient (Wildman–Crippen LogP) is 1.47. The van der Waals surface area contributed by atoms with Gasteiger partial charge in [0.1, 0.15) is 13.2 Å². The van der Waals surface area contributed by atoms with Crippen LogP contribution in [0.5, 0.6) is 11.5 Å². The number of nitrogens with zero attached hydrogens (tertiary/aromatic N) is 1. The van der Waals surface area contributed by atoms with E-state index in [1.807, 2.05) is 11.0 Å². The van der Waals surface area contributed by atoms with E-state index in [9.17, 15) is 4.79 Å². The molecule has 5 nitrogen and oxygen atoms in total. The molecule has 21 heavy (non-hydrogen) atoms. The maximum absolute atomic E-state index is 12.4. The van der Waals surface area contributed by atoms with Gasteiger partial charge >= 0.3 is 0 Å². The van der Waals surface area contributed by atoms with E-state index in [1.165, 1.54) is 0 Å². The molecular formula is C15H19ClN2O3. The number of amides is 1. The number of carbonyl (C=O) groups excluding carboxylic acids is 1. The van der Waals surface area contributed by atoms with Crippen LogP contribution >= 0.6 is 11.6 Å². The largest absolute Gasteiger partial charge is 0.486 e. The summed E-state index contributed by atoms with van der Waals surface area (Å²) in [6.07, 6.45) is 0.336. The molecule has 0 aliphatic carbocycles. The second-order valence-electron chi connectivity index (χ2n) is 5.47. The Labute approximate surface area is 129 Å². The summed E-state index contributed by atoms with van der Waals surface area (Å²) in [4.78, 5) is 14.3. The predicted molar refractivity (Wildman–Crippen MR) is 80.2 cm³/mol. The molecule has 0 unspecified atom stereocenters. The Kier molecular flexibility index (Phi) is 4.22. The summed E-state index contributed by atoms with van der Waals surface area (Å²) in [5.41, 5.74) is 0.862. The molecule has 0 aromatic heterocycles. The summed E-state index contributed by atoms with van der Waals surface area (Å²) in [6, 6.07) is 3.98. The Morgan fingerprint density at radius 1 is 1.43 bits per heavy atom. The van der Waals surface area contributed by atoms with Gasteiger partial charge in [-0.1, -0.05) is 11.6 Å². The molecule has 0 radical (unpaired) electrons. The lowest BCUT2D eigenvalue weighted by atomic mass is 10.1. The lowest BCUT2D eigenvalue weighted by Crippen LogP contribution is -2.51. The van der Waals surface area contributed by atoms with E-state index in [-0.39, 0.29) is 5.91 Å². The highest BCUT2D eigenvalue weighted by Gasteiger charge is 2.22. The molecule has 1 fully saturated rings. The van der Waals surface area contributed by atoms with E-state index in [1.54, 1.807) is 6.07 Å². The maximum atomic E-state index is 12.4. The van der Waals surface area contributed by atoms with Crippen molar-refractivity contribution in [1.29, 1.82) is 0 Å². The SMILES string of the molecule is C[C@H]1CN(C(=O)Cc2cc(Cl)c3c(c2)OCCO3)CCN1. The zero-order valence-electron chi connectivity index (χ0n) is 12.0. The monoisotopic (exact) mass is 310 g/mol. The molecule has 0 spiro atoms. The van der Waals surface area contributed by atoms with Gasteiger partial charge in [-0.05, 0) is 24.6 Å². The third-order valence-electron chi connectivity index (χ3n) is 3.73. The van der Waals surface area contributed by atoms with Crippen LogP contribution in [0, 0.1) is 0 Å². The second-order valence-corrected chi connectivity index (χ2v) is 5.88. The zero-order valence-corrected chi connectivity index (χ0v) is 12.8. The minimum Gasteiger partial charge on any atom is -0.486 e. The van der Waals surface area contributed by atoms with Crippen LogP contribution in [0.1, 0.15) is 12.5 Å². The van der Waals surface area contributed by atoms with Gasteiger partial charge in [-0.25, -0.2) is 0 Å². The van der Waals surface area contributed by atoms with Gasteiger partial charge in [0.2, 0.25) is 5.91 Å². The smallest absolute Gasteiger partial charge is 0.227 e. The van der Waals surface area contributed by atoms with Crippen LogP contribution in [0.3, 0.4) is 0 Å². The van der Waals surface area contributed by atoms with Gasteiger partial charge < -0.3 is 19.7 Å². The number of halogens is 1. The van der Waals surface area contributed by atoms with E-state index >= 15 is 0 Å². The van der Waals surface area contributed by atoms with Crippen molar-refractivity contribution in [2.75, 3.05) is 32.8 Å². The Hall–Kier alpha value is -1.46. The van der Waals surface area contributed by atoms with Crippen LogP contribution in [0.4, 0.5) is 0 Å². The number of piperazine rings is 1. The van der Waals surface area contributed by atoms with Crippen molar-refractivity contribution >= 4 is 17.5 Å². The van der Waals surface area contributed by atoms with Crippen molar-refractivity contribution in [2.24, 2.45) is 0 Å². The fourth-order valence-corrected chi connectivity index (χ4v) is 3.00. The molecule has 114 valence electrons. The van der Waals surface area contributed by atoms with Gasteiger partial charge in [0.15, 0.2) is 11.5 Å². The number of benzene rings is 1. The standard InChI is InChI=1S/C15H19ClN2O3/c1-10-9-18(3-2-17-10)14(19)8-11-6-12(16)15-13(7-11)20-4-5-21-15/h6-7,10,17H,2-5,8-9H2,1H3/t10-/m0/s1. The Morgan fingerprint density at radius 2 is 2.24 bits per heavy atom. The first-order valence-corrected chi connectivity index (χ1v) is 7.60. The third kappa shape index (κ3) is 3.24. The van der Waals surface area contributed by atoms with Crippen LogP contribution < -0.4 is 14.8 Å². The number of fused-ring (bicyclic) bond motifs is 1. The number of carbonyl (C=O) groups is 1. The third-order valence-corrected chi connectivity index (χ3v) is 4.01. The molecule has 2 aliphatic rings. The summed E-state index contributed by atoms with van der Waals surface area (Å²) in [5, 5.41) is 3.83. The van der Waals surface area contributed by atoms with Gasteiger partial charge in [0.05, 0.1) is 11.4 Å². The Morgan fingerprint density at radius 3 is 3.05 bits per heavy atom. The highest BCUT2D eigenvalue weighted by atomic mass is 35.5. The van der Waals surface area contributed by atoms with Crippen molar-refractivity contribution in [3.63, 3.8) is 0 Å². The van der Waals surface area contributed by atoms with E-state index < -0.39 is 0 Å². The van der Waals surface area contributed by atoms with Crippen LogP contribution in [0.15, 0.2) is 12.1 Å². The fraction of sp³-hybridized carbons (Fsp3) is 0.533. The molecule has 2 aliphatic heterocycles. The average molecular weight is 311 g/mol. The number of hydrogen-bond acceptors (Lipinski definition) is 4. The van der Waals surface area contributed by atoms with Gasteiger partial charge in [-0.15, -0.1) is 0 Å². The van der Waals surface area contributed by atoms with Gasteiger partial charge in [-0.2, -0.15) is 0 Å². The first kappa shape index (κ1) is 14.5. The lowest BCUT2D eigenvalue weighted by molar-refractivity contribution is -0.131. The van der Waals surface area contributed by atoms with E-state index in [0.29, 0.717) is 42.2 Å². The molecule has 1 N–H and O–H groups in total. The van der Waals surface area contributed by atoms with Gasteiger partial charge in [-0.3, -0.25) is 4.79 Å². The summed E-state index contributed by atoms with van der Waals surface area (Å²) in [7, 11) is 0. The molecule has 3 rings (SSSR count). The van der Waals surface area contributed by atoms with E-state index in [2.05, 4.69) is 12.2 Å². The normalized spacial score (nSPS) is 21.2. The minimum absolute atomic E-state index is 0.121. The average Bonchev–Trinajstić information content (AvgIpc) is 2.47. The highest BCUT2D eigenvalue weighted by molar-refractivity contribution is 6.32. The minimum atomic E-state index is 0.121. The Balaban J connectivity index is 1.72.